The summed E-state index contributed by atoms with van der Waals surface area (Å²) in [6.45, 7) is 2.19. The van der Waals surface area contributed by atoms with E-state index in [2.05, 4.69) is 6.92 Å². The van der Waals surface area contributed by atoms with Gasteiger partial charge in [-0.1, -0.05) is 32.6 Å². The number of carbonyl (C=O) groups excluding carboxylic acids is 1. The van der Waals surface area contributed by atoms with E-state index in [0.717, 1.165) is 12.8 Å². The summed E-state index contributed by atoms with van der Waals surface area (Å²) in [5, 5.41) is 0. The summed E-state index contributed by atoms with van der Waals surface area (Å²) >= 11 is 0. The van der Waals surface area contributed by atoms with Gasteiger partial charge in [0.2, 0.25) is 0 Å². The lowest BCUT2D eigenvalue weighted by Gasteiger charge is -2.25. The van der Waals surface area contributed by atoms with E-state index in [4.69, 9.17) is 4.74 Å². The normalized spacial score (nSPS) is 18.0. The van der Waals surface area contributed by atoms with Gasteiger partial charge in [0.05, 0.1) is 5.56 Å². The smallest absolute Gasteiger partial charge is 0.170 e. The van der Waals surface area contributed by atoms with Crippen LogP contribution in [-0.4, -0.2) is 11.9 Å². The average Bonchev–Trinajstić information content (AvgIpc) is 2.38. The Morgan fingerprint density at radius 1 is 1.26 bits per heavy atom. The van der Waals surface area contributed by atoms with Gasteiger partial charge in [-0.25, -0.2) is 4.39 Å². The van der Waals surface area contributed by atoms with Crippen molar-refractivity contribution in [2.24, 2.45) is 0 Å². The van der Waals surface area contributed by atoms with Gasteiger partial charge in [0.1, 0.15) is 17.7 Å². The van der Waals surface area contributed by atoms with E-state index >= 15 is 0 Å². The van der Waals surface area contributed by atoms with Gasteiger partial charge in [-0.2, -0.15) is 0 Å². The molecular weight excluding hydrogens is 243 g/mol. The highest BCUT2D eigenvalue weighted by atomic mass is 19.1. The minimum Gasteiger partial charge on any atom is -0.489 e. The first kappa shape index (κ1) is 14.0. The summed E-state index contributed by atoms with van der Waals surface area (Å²) < 4.78 is 18.9. The number of halogens is 1. The van der Waals surface area contributed by atoms with Crippen molar-refractivity contribution in [3.8, 4) is 5.75 Å². The van der Waals surface area contributed by atoms with Gasteiger partial charge in [0.15, 0.2) is 5.78 Å². The maximum Gasteiger partial charge on any atom is 0.170 e. The van der Waals surface area contributed by atoms with Crippen LogP contribution in [0.15, 0.2) is 18.2 Å². The minimum absolute atomic E-state index is 0.0693. The number of benzene rings is 1. The summed E-state index contributed by atoms with van der Waals surface area (Å²) in [5.41, 5.74) is 0.517. The van der Waals surface area contributed by atoms with Crippen molar-refractivity contribution in [3.05, 3.63) is 29.6 Å². The van der Waals surface area contributed by atoms with Gasteiger partial charge < -0.3 is 4.74 Å². The minimum atomic E-state index is -0.352. The summed E-state index contributed by atoms with van der Waals surface area (Å²) in [5.74, 6) is 0.129. The molecule has 2 rings (SSSR count). The molecule has 0 saturated heterocycles. The molecule has 0 spiro atoms. The third-order valence-electron chi connectivity index (χ3n) is 3.58. The number of unbranched alkanes of at least 4 members (excludes halogenated alkanes) is 4. The maximum absolute atomic E-state index is 13.1. The molecule has 0 radical (unpaired) electrons. The molecule has 1 atom stereocenters. The molecule has 19 heavy (non-hydrogen) atoms. The van der Waals surface area contributed by atoms with Crippen molar-refractivity contribution in [1.29, 1.82) is 0 Å². The predicted molar refractivity (Wildman–Crippen MR) is 73.1 cm³/mol. The van der Waals surface area contributed by atoms with Crippen molar-refractivity contribution in [2.45, 2.75) is 58.0 Å². The molecule has 0 saturated carbocycles. The van der Waals surface area contributed by atoms with Crippen LogP contribution in [-0.2, 0) is 0 Å². The second kappa shape index (κ2) is 6.69. The van der Waals surface area contributed by atoms with E-state index in [1.54, 1.807) is 0 Å². The van der Waals surface area contributed by atoms with Crippen LogP contribution in [0.5, 0.6) is 5.75 Å². The Morgan fingerprint density at radius 2 is 2.05 bits per heavy atom. The number of ketones is 1. The summed E-state index contributed by atoms with van der Waals surface area (Å²) in [6.07, 6.45) is 7.20. The molecule has 0 bridgehead atoms. The molecular formula is C16H21FO2. The molecule has 3 heteroatoms. The Morgan fingerprint density at radius 3 is 2.84 bits per heavy atom. The lowest BCUT2D eigenvalue weighted by molar-refractivity contribution is 0.0834. The first-order valence-corrected chi connectivity index (χ1v) is 7.20. The number of carbonyl (C=O) groups is 1. The van der Waals surface area contributed by atoms with Crippen molar-refractivity contribution < 1.29 is 13.9 Å². The van der Waals surface area contributed by atoms with Crippen LogP contribution in [0, 0.1) is 5.82 Å². The molecule has 1 aliphatic heterocycles. The quantitative estimate of drug-likeness (QED) is 0.706. The lowest BCUT2D eigenvalue weighted by atomic mass is 9.97. The van der Waals surface area contributed by atoms with E-state index in [1.165, 1.54) is 43.9 Å². The highest BCUT2D eigenvalue weighted by Crippen LogP contribution is 2.30. The SMILES string of the molecule is CCCCCCCC1CC(=O)c2ccc(F)cc2O1. The van der Waals surface area contributed by atoms with Gasteiger partial charge in [-0.3, -0.25) is 4.79 Å². The number of fused-ring (bicyclic) bond motifs is 1. The fraction of sp³-hybridized carbons (Fsp3) is 0.562. The Bertz CT molecular complexity index is 442. The van der Waals surface area contributed by atoms with Crippen LogP contribution in [0.1, 0.15) is 62.2 Å². The van der Waals surface area contributed by atoms with E-state index in [0.29, 0.717) is 17.7 Å². The highest BCUT2D eigenvalue weighted by molar-refractivity contribution is 5.99. The van der Waals surface area contributed by atoms with Crippen molar-refractivity contribution in [3.63, 3.8) is 0 Å². The number of hydrogen-bond acceptors (Lipinski definition) is 2. The highest BCUT2D eigenvalue weighted by Gasteiger charge is 2.26. The molecule has 0 aliphatic carbocycles. The number of ether oxygens (including phenoxy) is 1. The number of hydrogen-bond donors (Lipinski definition) is 0. The molecule has 1 unspecified atom stereocenters. The molecule has 1 aromatic rings. The lowest BCUT2D eigenvalue weighted by Crippen LogP contribution is -2.26. The van der Waals surface area contributed by atoms with Crippen LogP contribution in [0.2, 0.25) is 0 Å². The Balaban J connectivity index is 1.87. The number of Topliss-reactive ketones (excluding diaryl/α,β-unsaturated/α-hetero) is 1. The summed E-state index contributed by atoms with van der Waals surface area (Å²) in [6, 6.07) is 4.14. The van der Waals surface area contributed by atoms with Crippen molar-refractivity contribution in [1.82, 2.24) is 0 Å². The standard InChI is InChI=1S/C16H21FO2/c1-2-3-4-5-6-7-13-11-15(18)14-9-8-12(17)10-16(14)19-13/h8-10,13H,2-7,11H2,1H3. The first-order valence-electron chi connectivity index (χ1n) is 7.20. The zero-order valence-corrected chi connectivity index (χ0v) is 11.5. The maximum atomic E-state index is 13.1. The Labute approximate surface area is 114 Å². The van der Waals surface area contributed by atoms with E-state index in [9.17, 15) is 9.18 Å². The van der Waals surface area contributed by atoms with Crippen LogP contribution < -0.4 is 4.74 Å². The molecule has 2 nitrogen and oxygen atoms in total. The molecule has 0 amide bonds. The average molecular weight is 264 g/mol. The van der Waals surface area contributed by atoms with Gasteiger partial charge in [-0.05, 0) is 25.0 Å². The van der Waals surface area contributed by atoms with Crippen molar-refractivity contribution >= 4 is 5.78 Å². The molecule has 1 aromatic carbocycles. The van der Waals surface area contributed by atoms with E-state index < -0.39 is 0 Å². The van der Waals surface area contributed by atoms with Crippen LogP contribution in [0.3, 0.4) is 0 Å². The third-order valence-corrected chi connectivity index (χ3v) is 3.58. The van der Waals surface area contributed by atoms with Gasteiger partial charge in [0, 0.05) is 12.5 Å². The second-order valence-corrected chi connectivity index (χ2v) is 5.21. The molecule has 0 aromatic heterocycles. The Hall–Kier alpha value is -1.38. The molecule has 1 heterocycles. The fourth-order valence-electron chi connectivity index (χ4n) is 2.50. The zero-order chi connectivity index (χ0) is 13.7. The van der Waals surface area contributed by atoms with Gasteiger partial charge >= 0.3 is 0 Å². The third kappa shape index (κ3) is 3.79. The topological polar surface area (TPSA) is 26.3 Å². The van der Waals surface area contributed by atoms with Crippen LogP contribution in [0.4, 0.5) is 4.39 Å². The first-order chi connectivity index (χ1) is 9.20. The molecule has 1 aliphatic rings. The largest absolute Gasteiger partial charge is 0.489 e. The fourth-order valence-corrected chi connectivity index (χ4v) is 2.50. The van der Waals surface area contributed by atoms with Gasteiger partial charge in [-0.15, -0.1) is 0 Å². The van der Waals surface area contributed by atoms with Crippen LogP contribution in [0.25, 0.3) is 0 Å². The molecule has 0 N–H and O–H groups in total. The predicted octanol–water partition coefficient (Wildman–Crippen LogP) is 4.52. The second-order valence-electron chi connectivity index (χ2n) is 5.21. The molecule has 0 fully saturated rings. The monoisotopic (exact) mass is 264 g/mol. The van der Waals surface area contributed by atoms with Gasteiger partial charge in [0.25, 0.3) is 0 Å². The van der Waals surface area contributed by atoms with Crippen molar-refractivity contribution in [2.75, 3.05) is 0 Å². The van der Waals surface area contributed by atoms with Crippen LogP contribution >= 0.6 is 0 Å². The summed E-state index contributed by atoms with van der Waals surface area (Å²) in [7, 11) is 0. The number of rotatable bonds is 6. The Kier molecular flexibility index (Phi) is 4.94. The van der Waals surface area contributed by atoms with E-state index in [1.807, 2.05) is 0 Å². The molecule has 104 valence electrons. The van der Waals surface area contributed by atoms with E-state index in [-0.39, 0.29) is 17.7 Å². The summed E-state index contributed by atoms with van der Waals surface area (Å²) in [4.78, 5) is 11.9. The zero-order valence-electron chi connectivity index (χ0n) is 11.5.